The van der Waals surface area contributed by atoms with Crippen LogP contribution >= 0.6 is 0 Å². The number of carbonyl (C=O) groups is 2. The van der Waals surface area contributed by atoms with Crippen molar-refractivity contribution >= 4 is 18.3 Å². The van der Waals surface area contributed by atoms with Gasteiger partial charge in [-0.1, -0.05) is 6.07 Å². The molecule has 1 aromatic rings. The zero-order valence-corrected chi connectivity index (χ0v) is 15.2. The van der Waals surface area contributed by atoms with Crippen LogP contribution in [0.3, 0.4) is 0 Å². The summed E-state index contributed by atoms with van der Waals surface area (Å²) in [7, 11) is 0. The van der Waals surface area contributed by atoms with E-state index in [4.69, 9.17) is 4.74 Å². The Kier molecular flexibility index (Phi) is 5.47. The molecule has 2 rings (SSSR count). The average Bonchev–Trinajstić information content (AvgIpc) is 2.94. The summed E-state index contributed by atoms with van der Waals surface area (Å²) in [5.41, 5.74) is 0.439. The van der Waals surface area contributed by atoms with E-state index in [1.54, 1.807) is 16.0 Å². The van der Waals surface area contributed by atoms with E-state index in [0.29, 0.717) is 5.82 Å². The molecule has 1 aliphatic rings. The van der Waals surface area contributed by atoms with E-state index in [0.717, 1.165) is 31.4 Å². The number of ether oxygens (including phenoxy) is 1. The van der Waals surface area contributed by atoms with E-state index in [1.807, 2.05) is 46.8 Å². The minimum Gasteiger partial charge on any atom is -0.443 e. The zero-order chi connectivity index (χ0) is 17.9. The van der Waals surface area contributed by atoms with Gasteiger partial charge in [0.1, 0.15) is 11.4 Å². The molecule has 6 nitrogen and oxygen atoms in total. The van der Waals surface area contributed by atoms with Gasteiger partial charge in [-0.15, -0.1) is 0 Å². The van der Waals surface area contributed by atoms with Crippen molar-refractivity contribution in [1.82, 2.24) is 9.88 Å². The number of amides is 2. The van der Waals surface area contributed by atoms with E-state index in [1.165, 1.54) is 0 Å². The first kappa shape index (κ1) is 18.2. The summed E-state index contributed by atoms with van der Waals surface area (Å²) in [5, 5.41) is 0. The van der Waals surface area contributed by atoms with Crippen LogP contribution < -0.4 is 4.90 Å². The van der Waals surface area contributed by atoms with Crippen LogP contribution in [0.15, 0.2) is 18.3 Å². The van der Waals surface area contributed by atoms with Crippen molar-refractivity contribution in [3.63, 3.8) is 0 Å². The second kappa shape index (κ2) is 7.20. The molecule has 6 heteroatoms. The Morgan fingerprint density at radius 1 is 1.42 bits per heavy atom. The maximum absolute atomic E-state index is 12.4. The molecule has 132 valence electrons. The summed E-state index contributed by atoms with van der Waals surface area (Å²) in [5.74, 6) is 0.554. The molecule has 0 aromatic carbocycles. The molecule has 1 saturated heterocycles. The van der Waals surface area contributed by atoms with Gasteiger partial charge in [0.25, 0.3) is 0 Å². The monoisotopic (exact) mass is 333 g/mol. The summed E-state index contributed by atoms with van der Waals surface area (Å²) in [6.07, 6.45) is 4.18. The van der Waals surface area contributed by atoms with Gasteiger partial charge < -0.3 is 9.64 Å². The molecule has 24 heavy (non-hydrogen) atoms. The zero-order valence-electron chi connectivity index (χ0n) is 15.2. The molecule has 2 amide bonds. The molecule has 0 saturated carbocycles. The lowest BCUT2D eigenvalue weighted by atomic mass is 10.1. The van der Waals surface area contributed by atoms with E-state index in [9.17, 15) is 9.59 Å². The lowest BCUT2D eigenvalue weighted by Crippen LogP contribution is -2.41. The highest BCUT2D eigenvalue weighted by Gasteiger charge is 2.28. The van der Waals surface area contributed by atoms with Crippen LogP contribution in [0.2, 0.25) is 0 Å². The third-order valence-electron chi connectivity index (χ3n) is 3.94. The third-order valence-corrected chi connectivity index (χ3v) is 3.94. The molecule has 2 heterocycles. The van der Waals surface area contributed by atoms with Crippen molar-refractivity contribution in [2.45, 2.75) is 65.1 Å². The van der Waals surface area contributed by atoms with E-state index >= 15 is 0 Å². The number of hydrogen-bond acceptors (Lipinski definition) is 4. The minimum atomic E-state index is -0.557. The number of aromatic nitrogens is 1. The Morgan fingerprint density at radius 2 is 2.12 bits per heavy atom. The summed E-state index contributed by atoms with van der Waals surface area (Å²) >= 11 is 0. The number of likely N-dealkylation sites (tertiary alicyclic amines) is 1. The highest BCUT2D eigenvalue weighted by molar-refractivity contribution is 5.87. The lowest BCUT2D eigenvalue weighted by molar-refractivity contribution is -0.118. The van der Waals surface area contributed by atoms with Crippen LogP contribution in [-0.4, -0.2) is 40.6 Å². The Bertz CT molecular complexity index is 578. The number of pyridine rings is 1. The lowest BCUT2D eigenvalue weighted by Gasteiger charge is -2.29. The van der Waals surface area contributed by atoms with Crippen molar-refractivity contribution in [2.75, 3.05) is 11.4 Å². The highest BCUT2D eigenvalue weighted by Crippen LogP contribution is 2.31. The van der Waals surface area contributed by atoms with Crippen molar-refractivity contribution in [3.8, 4) is 0 Å². The smallest absolute Gasteiger partial charge is 0.416 e. The van der Waals surface area contributed by atoms with Crippen LogP contribution in [0.1, 0.15) is 59.1 Å². The fourth-order valence-corrected chi connectivity index (χ4v) is 2.89. The summed E-state index contributed by atoms with van der Waals surface area (Å²) < 4.78 is 5.47. The van der Waals surface area contributed by atoms with Gasteiger partial charge in [0, 0.05) is 18.8 Å². The second-order valence-electron chi connectivity index (χ2n) is 7.40. The first-order chi connectivity index (χ1) is 11.2. The summed E-state index contributed by atoms with van der Waals surface area (Å²) in [4.78, 5) is 31.3. The van der Waals surface area contributed by atoms with Crippen LogP contribution in [0, 0.1) is 0 Å². The van der Waals surface area contributed by atoms with Crippen LogP contribution in [0.4, 0.5) is 10.6 Å². The summed E-state index contributed by atoms with van der Waals surface area (Å²) in [6.45, 7) is 10.2. The largest absolute Gasteiger partial charge is 0.443 e. The highest BCUT2D eigenvalue weighted by atomic mass is 16.6. The van der Waals surface area contributed by atoms with E-state index in [2.05, 4.69) is 4.98 Å². The van der Waals surface area contributed by atoms with Crippen LogP contribution in [0.5, 0.6) is 0 Å². The number of anilines is 1. The van der Waals surface area contributed by atoms with E-state index < -0.39 is 11.7 Å². The van der Waals surface area contributed by atoms with Gasteiger partial charge in [-0.05, 0) is 59.1 Å². The Labute approximate surface area is 143 Å². The molecule has 1 aromatic heterocycles. The van der Waals surface area contributed by atoms with Gasteiger partial charge in [0.15, 0.2) is 0 Å². The maximum Gasteiger partial charge on any atom is 0.416 e. The first-order valence-corrected chi connectivity index (χ1v) is 8.42. The predicted octanol–water partition coefficient (Wildman–Crippen LogP) is 3.52. The second-order valence-corrected chi connectivity index (χ2v) is 7.40. The molecule has 0 N–H and O–H groups in total. The predicted molar refractivity (Wildman–Crippen MR) is 92.8 cm³/mol. The quantitative estimate of drug-likeness (QED) is 0.791. The molecular weight excluding hydrogens is 306 g/mol. The Hall–Kier alpha value is -2.11. The summed E-state index contributed by atoms with van der Waals surface area (Å²) in [6, 6.07) is 3.77. The maximum atomic E-state index is 12.4. The van der Waals surface area contributed by atoms with Gasteiger partial charge in [0.2, 0.25) is 6.41 Å². The molecule has 0 bridgehead atoms. The Morgan fingerprint density at radius 3 is 2.62 bits per heavy atom. The first-order valence-electron chi connectivity index (χ1n) is 8.42. The Balaban J connectivity index is 2.20. The number of hydrogen-bond donors (Lipinski definition) is 0. The fraction of sp³-hybridized carbons (Fsp3) is 0.611. The standard InChI is InChI=1S/C18H27N3O3/c1-13(2)21(17(23)24-18(3,4)5)16-9-8-14(11-19-16)15-7-6-10-20(15)12-22/h8-9,11-13,15H,6-7,10H2,1-5H3. The molecular formula is C18H27N3O3. The third kappa shape index (κ3) is 4.24. The molecule has 1 atom stereocenters. The van der Waals surface area contributed by atoms with Crippen molar-refractivity contribution in [2.24, 2.45) is 0 Å². The molecule has 0 aliphatic carbocycles. The van der Waals surface area contributed by atoms with Gasteiger partial charge in [-0.3, -0.25) is 9.69 Å². The van der Waals surface area contributed by atoms with Crippen LogP contribution in [-0.2, 0) is 9.53 Å². The van der Waals surface area contributed by atoms with Gasteiger partial charge in [-0.2, -0.15) is 0 Å². The number of nitrogens with zero attached hydrogens (tertiary/aromatic N) is 3. The SMILES string of the molecule is CC(C)N(C(=O)OC(C)(C)C)c1ccc(C2CCCN2C=O)cn1. The average molecular weight is 333 g/mol. The van der Waals surface area contributed by atoms with Gasteiger partial charge in [0.05, 0.1) is 6.04 Å². The fourth-order valence-electron chi connectivity index (χ4n) is 2.89. The topological polar surface area (TPSA) is 62.7 Å². The van der Waals surface area contributed by atoms with Gasteiger partial charge >= 0.3 is 6.09 Å². The molecule has 1 aliphatic heterocycles. The number of rotatable bonds is 4. The minimum absolute atomic E-state index is 0.0730. The van der Waals surface area contributed by atoms with Crippen molar-refractivity contribution in [3.05, 3.63) is 23.9 Å². The van der Waals surface area contributed by atoms with Crippen LogP contribution in [0.25, 0.3) is 0 Å². The molecule has 0 spiro atoms. The normalized spacial score (nSPS) is 17.9. The molecule has 0 radical (unpaired) electrons. The van der Waals surface area contributed by atoms with E-state index in [-0.39, 0.29) is 12.1 Å². The molecule has 1 fully saturated rings. The van der Waals surface area contributed by atoms with Crippen molar-refractivity contribution in [1.29, 1.82) is 0 Å². The van der Waals surface area contributed by atoms with Crippen molar-refractivity contribution < 1.29 is 14.3 Å². The van der Waals surface area contributed by atoms with Gasteiger partial charge in [-0.25, -0.2) is 9.78 Å². The molecule has 1 unspecified atom stereocenters. The number of carbonyl (C=O) groups excluding carboxylic acids is 2.